The van der Waals surface area contributed by atoms with E-state index >= 15 is 0 Å². The fourth-order valence-corrected chi connectivity index (χ4v) is 3.89. The minimum atomic E-state index is -0.602. The number of halogens is 1. The zero-order chi connectivity index (χ0) is 27.3. The van der Waals surface area contributed by atoms with Crippen molar-refractivity contribution in [2.75, 3.05) is 32.9 Å². The van der Waals surface area contributed by atoms with Crippen molar-refractivity contribution in [1.82, 2.24) is 16.1 Å². The lowest BCUT2D eigenvalue weighted by atomic mass is 10.0. The molecule has 1 heterocycles. The van der Waals surface area contributed by atoms with E-state index in [1.54, 1.807) is 24.3 Å². The molecule has 1 aliphatic rings. The quantitative estimate of drug-likeness (QED) is 0.235. The standard InChI is InChI=1S/C27H35BrN4O6/c1-18(2)30-15-20(33)16-38-25-10-8-22(14-23(25)28)36-13-3-12-29-27(35)17-37-21-6-4-19(5-7-21)24-9-11-26(34)32-31-24/h4-8,10,14,18,20,30,33H,3,9,11-13,15-17H2,1-2H3,(H,29,35)(H,32,34)/t20-/m0/s1. The van der Waals surface area contributed by atoms with Gasteiger partial charge in [0.05, 0.1) is 16.8 Å². The highest BCUT2D eigenvalue weighted by molar-refractivity contribution is 9.10. The van der Waals surface area contributed by atoms with Crippen LogP contribution >= 0.6 is 15.9 Å². The number of rotatable bonds is 15. The molecule has 10 nitrogen and oxygen atoms in total. The highest BCUT2D eigenvalue weighted by Gasteiger charge is 2.13. The first-order valence-corrected chi connectivity index (χ1v) is 13.4. The molecular formula is C27H35BrN4O6. The van der Waals surface area contributed by atoms with Crippen LogP contribution in [-0.2, 0) is 9.59 Å². The molecule has 38 heavy (non-hydrogen) atoms. The molecule has 206 valence electrons. The fourth-order valence-electron chi connectivity index (χ4n) is 3.42. The average Bonchev–Trinajstić information content (AvgIpc) is 2.91. The molecule has 1 atom stereocenters. The van der Waals surface area contributed by atoms with Crippen molar-refractivity contribution in [3.8, 4) is 17.2 Å². The van der Waals surface area contributed by atoms with Gasteiger partial charge in [0, 0.05) is 32.0 Å². The van der Waals surface area contributed by atoms with E-state index in [4.69, 9.17) is 14.2 Å². The first-order valence-electron chi connectivity index (χ1n) is 12.6. The lowest BCUT2D eigenvalue weighted by Crippen LogP contribution is -2.35. The van der Waals surface area contributed by atoms with Crippen LogP contribution in [0.4, 0.5) is 0 Å². The SMILES string of the molecule is CC(C)NC[C@H](O)COc1ccc(OCCCNC(=O)COc2ccc(C3=NNC(=O)CC3)cc2)cc1Br. The topological polar surface area (TPSA) is 131 Å². The molecule has 0 saturated heterocycles. The van der Waals surface area contributed by atoms with Gasteiger partial charge >= 0.3 is 0 Å². The van der Waals surface area contributed by atoms with Crippen LogP contribution in [0.1, 0.15) is 38.7 Å². The van der Waals surface area contributed by atoms with Crippen molar-refractivity contribution < 1.29 is 28.9 Å². The molecule has 0 spiro atoms. The van der Waals surface area contributed by atoms with E-state index in [0.717, 1.165) is 15.7 Å². The van der Waals surface area contributed by atoms with E-state index in [1.165, 1.54) is 0 Å². The first kappa shape index (κ1) is 29.4. The molecule has 0 bridgehead atoms. The van der Waals surface area contributed by atoms with Crippen molar-refractivity contribution >= 4 is 33.5 Å². The van der Waals surface area contributed by atoms with Crippen LogP contribution < -0.4 is 30.3 Å². The molecule has 1 aliphatic heterocycles. The second-order valence-electron chi connectivity index (χ2n) is 9.08. The largest absolute Gasteiger partial charge is 0.493 e. The molecule has 0 fully saturated rings. The molecule has 3 rings (SSSR count). The van der Waals surface area contributed by atoms with Crippen molar-refractivity contribution in [1.29, 1.82) is 0 Å². The third kappa shape index (κ3) is 10.3. The Morgan fingerprint density at radius 2 is 1.87 bits per heavy atom. The Hall–Kier alpha value is -3.15. The van der Waals surface area contributed by atoms with Crippen molar-refractivity contribution in [3.63, 3.8) is 0 Å². The van der Waals surface area contributed by atoms with Gasteiger partial charge in [0.1, 0.15) is 30.0 Å². The summed E-state index contributed by atoms with van der Waals surface area (Å²) in [5, 5.41) is 20.0. The number of ether oxygens (including phenoxy) is 3. The number of benzene rings is 2. The second-order valence-corrected chi connectivity index (χ2v) is 9.93. The summed E-state index contributed by atoms with van der Waals surface area (Å²) >= 11 is 3.47. The van der Waals surface area contributed by atoms with Gasteiger partial charge in [0.15, 0.2) is 6.61 Å². The van der Waals surface area contributed by atoms with E-state index in [-0.39, 0.29) is 25.0 Å². The van der Waals surface area contributed by atoms with Gasteiger partial charge in [-0.05, 0) is 70.4 Å². The van der Waals surface area contributed by atoms with Crippen LogP contribution in [0, 0.1) is 0 Å². The number of amides is 2. The monoisotopic (exact) mass is 590 g/mol. The Balaban J connectivity index is 1.29. The van der Waals surface area contributed by atoms with Gasteiger partial charge in [-0.3, -0.25) is 9.59 Å². The molecule has 4 N–H and O–H groups in total. The minimum absolute atomic E-state index is 0.0813. The molecule has 2 amide bonds. The Kier molecular flexibility index (Phi) is 11.8. The smallest absolute Gasteiger partial charge is 0.257 e. The summed E-state index contributed by atoms with van der Waals surface area (Å²) < 4.78 is 17.7. The molecular weight excluding hydrogens is 556 g/mol. The molecule has 0 aliphatic carbocycles. The summed E-state index contributed by atoms with van der Waals surface area (Å²) in [5.74, 6) is 1.57. The molecule has 2 aromatic carbocycles. The Bertz CT molecular complexity index is 1090. The normalized spacial score (nSPS) is 13.9. The number of nitrogens with one attached hydrogen (secondary N) is 3. The van der Waals surface area contributed by atoms with E-state index in [1.807, 2.05) is 32.0 Å². The summed E-state index contributed by atoms with van der Waals surface area (Å²) in [6.07, 6.45) is 1.04. The third-order valence-electron chi connectivity index (χ3n) is 5.47. The van der Waals surface area contributed by atoms with Crippen LogP contribution in [0.3, 0.4) is 0 Å². The lowest BCUT2D eigenvalue weighted by Gasteiger charge is -2.16. The maximum atomic E-state index is 12.1. The van der Waals surface area contributed by atoms with Gasteiger partial charge in [-0.25, -0.2) is 5.43 Å². The predicted molar refractivity (Wildman–Crippen MR) is 148 cm³/mol. The number of nitrogens with zero attached hydrogens (tertiary/aromatic N) is 1. The summed E-state index contributed by atoms with van der Waals surface area (Å²) in [6.45, 7) is 5.48. The van der Waals surface area contributed by atoms with E-state index < -0.39 is 6.10 Å². The molecule has 0 saturated carbocycles. The predicted octanol–water partition coefficient (Wildman–Crippen LogP) is 2.77. The van der Waals surface area contributed by atoms with Crippen LogP contribution in [0.25, 0.3) is 0 Å². The number of hydrogen-bond acceptors (Lipinski definition) is 8. The van der Waals surface area contributed by atoms with Gasteiger partial charge in [-0.2, -0.15) is 5.10 Å². The Labute approximate surface area is 231 Å². The van der Waals surface area contributed by atoms with Gasteiger partial charge in [-0.15, -0.1) is 0 Å². The fraction of sp³-hybridized carbons (Fsp3) is 0.444. The van der Waals surface area contributed by atoms with E-state index in [2.05, 4.69) is 37.1 Å². The van der Waals surface area contributed by atoms with Crippen LogP contribution in [0.15, 0.2) is 52.0 Å². The van der Waals surface area contributed by atoms with Crippen molar-refractivity contribution in [2.45, 2.75) is 45.3 Å². The van der Waals surface area contributed by atoms with Crippen LogP contribution in [0.2, 0.25) is 0 Å². The van der Waals surface area contributed by atoms with E-state index in [9.17, 15) is 14.7 Å². The number of carbonyl (C=O) groups excluding carboxylic acids is 2. The zero-order valence-corrected chi connectivity index (χ0v) is 23.3. The minimum Gasteiger partial charge on any atom is -0.493 e. The lowest BCUT2D eigenvalue weighted by molar-refractivity contribution is -0.123. The number of aliphatic hydroxyl groups excluding tert-OH is 1. The Morgan fingerprint density at radius 1 is 1.11 bits per heavy atom. The molecule has 2 aromatic rings. The molecule has 0 radical (unpaired) electrons. The third-order valence-corrected chi connectivity index (χ3v) is 6.09. The zero-order valence-electron chi connectivity index (χ0n) is 21.7. The number of hydrazone groups is 1. The van der Waals surface area contributed by atoms with Crippen LogP contribution in [-0.4, -0.2) is 67.7 Å². The van der Waals surface area contributed by atoms with Gasteiger partial charge in [-0.1, -0.05) is 13.8 Å². The maximum absolute atomic E-state index is 12.1. The summed E-state index contributed by atoms with van der Waals surface area (Å²) in [6, 6.07) is 12.9. The van der Waals surface area contributed by atoms with Gasteiger partial charge in [0.25, 0.3) is 5.91 Å². The summed E-state index contributed by atoms with van der Waals surface area (Å²) in [5.41, 5.74) is 4.21. The first-order chi connectivity index (χ1) is 18.3. The summed E-state index contributed by atoms with van der Waals surface area (Å²) in [4.78, 5) is 23.3. The highest BCUT2D eigenvalue weighted by Crippen LogP contribution is 2.29. The Morgan fingerprint density at radius 3 is 2.55 bits per heavy atom. The molecule has 11 heteroatoms. The van der Waals surface area contributed by atoms with E-state index in [0.29, 0.717) is 62.2 Å². The summed E-state index contributed by atoms with van der Waals surface area (Å²) in [7, 11) is 0. The van der Waals surface area contributed by atoms with Crippen molar-refractivity contribution in [3.05, 3.63) is 52.5 Å². The highest BCUT2D eigenvalue weighted by atomic mass is 79.9. The maximum Gasteiger partial charge on any atom is 0.257 e. The average molecular weight is 592 g/mol. The van der Waals surface area contributed by atoms with Gasteiger partial charge < -0.3 is 30.0 Å². The molecule has 0 unspecified atom stereocenters. The second kappa shape index (κ2) is 15.3. The van der Waals surface area contributed by atoms with Gasteiger partial charge in [0.2, 0.25) is 5.91 Å². The van der Waals surface area contributed by atoms with Crippen LogP contribution in [0.5, 0.6) is 17.2 Å². The molecule has 0 aromatic heterocycles. The number of hydrogen-bond donors (Lipinski definition) is 4. The number of carbonyl (C=O) groups is 2. The van der Waals surface area contributed by atoms with Crippen molar-refractivity contribution in [2.24, 2.45) is 5.10 Å². The number of aliphatic hydroxyl groups is 1.